The van der Waals surface area contributed by atoms with Crippen LogP contribution in [0.1, 0.15) is 51.1 Å². The lowest BCUT2D eigenvalue weighted by Crippen LogP contribution is -2.49. The third-order valence-electron chi connectivity index (χ3n) is 10.7. The van der Waals surface area contributed by atoms with Gasteiger partial charge in [-0.25, -0.2) is 14.5 Å². The van der Waals surface area contributed by atoms with Gasteiger partial charge < -0.3 is 19.5 Å². The van der Waals surface area contributed by atoms with Gasteiger partial charge in [-0.1, -0.05) is 25.1 Å². The van der Waals surface area contributed by atoms with Crippen LogP contribution in [0.25, 0.3) is 5.70 Å². The second-order valence-electron chi connectivity index (χ2n) is 14.2. The number of piperazine rings is 1. The molecule has 52 heavy (non-hydrogen) atoms. The zero-order valence-electron chi connectivity index (χ0n) is 29.9. The maximum atomic E-state index is 14.0. The number of aliphatic hydroxyl groups excluding tert-OH is 1. The first-order valence-corrected chi connectivity index (χ1v) is 19.4. The van der Waals surface area contributed by atoms with Gasteiger partial charge in [0.05, 0.1) is 31.9 Å². The highest BCUT2D eigenvalue weighted by atomic mass is 127. The lowest BCUT2D eigenvalue weighted by molar-refractivity contribution is -0.0215. The molecule has 3 N–H and O–H groups in total. The Labute approximate surface area is 318 Å². The Morgan fingerprint density at radius 2 is 1.98 bits per heavy atom. The normalized spacial score (nSPS) is 25.0. The molecule has 1 aliphatic carbocycles. The van der Waals surface area contributed by atoms with E-state index in [1.807, 2.05) is 22.6 Å². The van der Waals surface area contributed by atoms with E-state index < -0.39 is 11.7 Å². The fraction of sp³-hybridized carbons (Fsp3) is 0.500. The van der Waals surface area contributed by atoms with Gasteiger partial charge in [-0.15, -0.1) is 0 Å². The topological polar surface area (TPSA) is 119 Å². The summed E-state index contributed by atoms with van der Waals surface area (Å²) in [6.07, 6.45) is 12.9. The summed E-state index contributed by atoms with van der Waals surface area (Å²) in [7, 11) is 0. The molecule has 3 aromatic rings. The molecule has 0 spiro atoms. The molecule has 3 aliphatic heterocycles. The van der Waals surface area contributed by atoms with E-state index in [4.69, 9.17) is 14.9 Å². The molecule has 14 heteroatoms. The highest BCUT2D eigenvalue weighted by Crippen LogP contribution is 2.42. The number of rotatable bonds is 12. The molecule has 12 nitrogen and oxygen atoms in total. The SMILES string of the molecule is CC[C@@H]([C@H](C)O)n1ncn(C2=CCCC(N3CCN(c4ccc(OC[C@@H]5CO[C@@](CN6C=NCN6)(c6ccc(F)cc6I)C5)cc4)CC3)C=C2)c1=N. The largest absolute Gasteiger partial charge is 0.493 e. The number of aliphatic hydroxyl groups is 1. The van der Waals surface area contributed by atoms with E-state index in [2.05, 4.69) is 90.4 Å². The minimum atomic E-state index is -0.592. The van der Waals surface area contributed by atoms with Crippen molar-refractivity contribution in [3.05, 3.63) is 87.6 Å². The number of aromatic nitrogens is 3. The van der Waals surface area contributed by atoms with Gasteiger partial charge in [-0.3, -0.25) is 24.9 Å². The molecular weight excluding hydrogens is 776 g/mol. The van der Waals surface area contributed by atoms with Crippen molar-refractivity contribution in [3.8, 4) is 5.75 Å². The van der Waals surface area contributed by atoms with Gasteiger partial charge in [0.25, 0.3) is 0 Å². The molecule has 4 aliphatic rings. The van der Waals surface area contributed by atoms with Crippen molar-refractivity contribution in [2.45, 2.75) is 63.3 Å². The number of allylic oxidation sites excluding steroid dienone is 3. The van der Waals surface area contributed by atoms with Gasteiger partial charge in [0.1, 0.15) is 36.5 Å². The van der Waals surface area contributed by atoms with E-state index in [0.29, 0.717) is 38.9 Å². The van der Waals surface area contributed by atoms with E-state index in [-0.39, 0.29) is 23.4 Å². The first-order valence-electron chi connectivity index (χ1n) is 18.3. The number of halogens is 2. The van der Waals surface area contributed by atoms with Gasteiger partial charge in [-0.2, -0.15) is 5.10 Å². The van der Waals surface area contributed by atoms with E-state index in [1.54, 1.807) is 30.3 Å². The van der Waals surface area contributed by atoms with Crippen LogP contribution in [0.3, 0.4) is 0 Å². The fourth-order valence-corrected chi connectivity index (χ4v) is 8.88. The molecule has 1 aromatic heterocycles. The summed E-state index contributed by atoms with van der Waals surface area (Å²) in [6, 6.07) is 13.5. The third kappa shape index (κ3) is 8.00. The van der Waals surface area contributed by atoms with E-state index in [0.717, 1.165) is 66.0 Å². The zero-order valence-corrected chi connectivity index (χ0v) is 32.0. The lowest BCUT2D eigenvalue weighted by Gasteiger charge is -2.39. The number of anilines is 1. The Kier molecular flexibility index (Phi) is 11.5. The zero-order chi connectivity index (χ0) is 36.2. The Balaban J connectivity index is 0.908. The van der Waals surface area contributed by atoms with Gasteiger partial charge in [-0.05, 0) is 103 Å². The lowest BCUT2D eigenvalue weighted by atomic mass is 9.87. The molecular formula is C38H49FIN9O3. The second-order valence-corrected chi connectivity index (χ2v) is 15.4. The van der Waals surface area contributed by atoms with Crippen molar-refractivity contribution in [1.82, 2.24) is 29.7 Å². The Morgan fingerprint density at radius 1 is 1.17 bits per heavy atom. The maximum absolute atomic E-state index is 14.0. The quantitative estimate of drug-likeness (QED) is 0.225. The predicted molar refractivity (Wildman–Crippen MR) is 207 cm³/mol. The predicted octanol–water partition coefficient (Wildman–Crippen LogP) is 4.74. The van der Waals surface area contributed by atoms with Crippen molar-refractivity contribution in [3.63, 3.8) is 0 Å². The van der Waals surface area contributed by atoms with Crippen LogP contribution < -0.4 is 20.7 Å². The number of hydrazine groups is 1. The summed E-state index contributed by atoms with van der Waals surface area (Å²) < 4.78 is 31.1. The Morgan fingerprint density at radius 3 is 2.69 bits per heavy atom. The van der Waals surface area contributed by atoms with Gasteiger partial charge in [0, 0.05) is 53.1 Å². The molecule has 2 aromatic carbocycles. The van der Waals surface area contributed by atoms with Crippen LogP contribution in [0, 0.1) is 20.7 Å². The highest BCUT2D eigenvalue weighted by Gasteiger charge is 2.45. The van der Waals surface area contributed by atoms with E-state index in [9.17, 15) is 9.50 Å². The van der Waals surface area contributed by atoms with Crippen molar-refractivity contribution in [1.29, 1.82) is 5.41 Å². The summed E-state index contributed by atoms with van der Waals surface area (Å²) in [6.45, 7) is 9.81. The first-order chi connectivity index (χ1) is 25.2. The Hall–Kier alpha value is -3.57. The number of hydrogen-bond acceptors (Lipinski definition) is 10. The summed E-state index contributed by atoms with van der Waals surface area (Å²) >= 11 is 2.20. The van der Waals surface area contributed by atoms with E-state index in [1.165, 1.54) is 11.8 Å². The molecule has 0 bridgehead atoms. The summed E-state index contributed by atoms with van der Waals surface area (Å²) in [5.41, 5.74) is 6.07. The maximum Gasteiger partial charge on any atom is 0.225 e. The molecule has 278 valence electrons. The average Bonchev–Trinajstić information content (AvgIpc) is 3.85. The highest BCUT2D eigenvalue weighted by molar-refractivity contribution is 14.1. The van der Waals surface area contributed by atoms with Crippen molar-refractivity contribution >= 4 is 40.3 Å². The Bertz CT molecular complexity index is 1840. The van der Waals surface area contributed by atoms with Gasteiger partial charge >= 0.3 is 0 Å². The smallest absolute Gasteiger partial charge is 0.225 e. The molecule has 4 heterocycles. The first kappa shape index (κ1) is 36.8. The molecule has 0 saturated carbocycles. The van der Waals surface area contributed by atoms with Gasteiger partial charge in [0.15, 0.2) is 0 Å². The number of nitrogens with zero attached hydrogens (tertiary/aromatic N) is 7. The number of aliphatic imine (C=N–C) groups is 1. The molecule has 0 amide bonds. The van der Waals surface area contributed by atoms with Crippen LogP contribution in [0.15, 0.2) is 72.0 Å². The average molecular weight is 826 g/mol. The number of benzene rings is 2. The van der Waals surface area contributed by atoms with Crippen molar-refractivity contribution in [2.24, 2.45) is 10.9 Å². The monoisotopic (exact) mass is 825 g/mol. The number of nitrogens with one attached hydrogen (secondary N) is 2. The third-order valence-corrected chi connectivity index (χ3v) is 11.6. The van der Waals surface area contributed by atoms with Crippen molar-refractivity contribution < 1.29 is 19.0 Å². The molecule has 5 atom stereocenters. The number of hydrogen-bond donors (Lipinski definition) is 3. The molecule has 0 radical (unpaired) electrons. The van der Waals surface area contributed by atoms with Crippen molar-refractivity contribution in [2.75, 3.05) is 57.5 Å². The van der Waals surface area contributed by atoms with Gasteiger partial charge in [0.2, 0.25) is 5.62 Å². The molecule has 7 rings (SSSR count). The summed E-state index contributed by atoms with van der Waals surface area (Å²) in [5.74, 6) is 0.777. The standard InChI is InChI=1S/C38H49FIN9O3/c1-3-36(27(2)50)49-37(41)48(26-44-49)32-6-4-5-30(8-9-32)45-15-17-46(18-16-45)31-10-12-33(13-11-31)51-21-28-20-38(52-22-28,23-47-25-42-24-43-47)34-14-7-29(39)19-35(34)40/h6-14,19,25-28,30,36,41,43,50H,3-5,15-18,20-24H2,1-2H3/t27-,28+,30?,36-,38-/m0/s1. The summed E-state index contributed by atoms with van der Waals surface area (Å²) in [5, 5.41) is 25.3. The minimum absolute atomic E-state index is 0.186. The number of ether oxygens (including phenoxy) is 2. The molecule has 2 fully saturated rings. The molecule has 2 saturated heterocycles. The van der Waals surface area contributed by atoms with E-state index >= 15 is 0 Å². The summed E-state index contributed by atoms with van der Waals surface area (Å²) in [4.78, 5) is 9.27. The second kappa shape index (κ2) is 16.2. The van der Waals surface area contributed by atoms with Crippen LogP contribution in [0.2, 0.25) is 0 Å². The minimum Gasteiger partial charge on any atom is -0.493 e. The fourth-order valence-electron chi connectivity index (χ4n) is 7.91. The van der Waals surface area contributed by atoms with Crippen LogP contribution >= 0.6 is 22.6 Å². The van der Waals surface area contributed by atoms with Crippen LogP contribution in [0.5, 0.6) is 5.75 Å². The van der Waals surface area contributed by atoms with Crippen LogP contribution in [-0.2, 0) is 10.3 Å². The molecule has 1 unspecified atom stereocenters. The van der Waals surface area contributed by atoms with Crippen LogP contribution in [-0.4, -0.2) is 100 Å². The van der Waals surface area contributed by atoms with Crippen LogP contribution in [0.4, 0.5) is 10.1 Å².